The van der Waals surface area contributed by atoms with Crippen LogP contribution in [0.4, 0.5) is 17.1 Å². The minimum atomic E-state index is -0.0752. The lowest BCUT2D eigenvalue weighted by atomic mass is 10.1. The van der Waals surface area contributed by atoms with Crippen LogP contribution in [-0.4, -0.2) is 20.0 Å². The Balaban J connectivity index is 2.37. The summed E-state index contributed by atoms with van der Waals surface area (Å²) < 4.78 is 10.5. The molecule has 2 aromatic carbocycles. The third kappa shape index (κ3) is 3.25. The van der Waals surface area contributed by atoms with E-state index in [9.17, 15) is 4.79 Å². The van der Waals surface area contributed by atoms with E-state index in [0.29, 0.717) is 22.7 Å². The molecule has 0 unspecified atom stereocenters. The van der Waals surface area contributed by atoms with Crippen molar-refractivity contribution in [3.05, 3.63) is 42.0 Å². The van der Waals surface area contributed by atoms with Crippen molar-refractivity contribution < 1.29 is 14.3 Å². The Labute approximate surface area is 123 Å². The van der Waals surface area contributed by atoms with Crippen molar-refractivity contribution in [2.45, 2.75) is 6.92 Å². The van der Waals surface area contributed by atoms with Gasteiger partial charge in [-0.05, 0) is 37.3 Å². The van der Waals surface area contributed by atoms with Crippen molar-refractivity contribution in [1.82, 2.24) is 0 Å². The van der Waals surface area contributed by atoms with Crippen LogP contribution in [0, 0.1) is 0 Å². The number of rotatable bonds is 5. The molecule has 0 aromatic heterocycles. The molecule has 21 heavy (non-hydrogen) atoms. The number of nitrogen functional groups attached to an aromatic ring is 1. The number of nitrogens with one attached hydrogen (secondary N) is 1. The minimum Gasteiger partial charge on any atom is -0.497 e. The van der Waals surface area contributed by atoms with Crippen molar-refractivity contribution in [3.8, 4) is 11.5 Å². The largest absolute Gasteiger partial charge is 0.497 e. The third-order valence-electron chi connectivity index (χ3n) is 3.12. The van der Waals surface area contributed by atoms with Crippen molar-refractivity contribution in [2.24, 2.45) is 0 Å². The smallest absolute Gasteiger partial charge is 0.161 e. The average Bonchev–Trinajstić information content (AvgIpc) is 2.48. The molecule has 5 nitrogen and oxygen atoms in total. The van der Waals surface area contributed by atoms with Crippen LogP contribution < -0.4 is 20.5 Å². The predicted molar refractivity (Wildman–Crippen MR) is 83.7 cm³/mol. The van der Waals surface area contributed by atoms with E-state index in [1.807, 2.05) is 18.2 Å². The summed E-state index contributed by atoms with van der Waals surface area (Å²) in [6, 6.07) is 10.7. The number of methoxy groups -OCH3 is 2. The number of carbonyl (C=O) groups is 1. The summed E-state index contributed by atoms with van der Waals surface area (Å²) in [5, 5.41) is 3.21. The summed E-state index contributed by atoms with van der Waals surface area (Å²) in [6.07, 6.45) is 0. The maximum atomic E-state index is 11.5. The third-order valence-corrected chi connectivity index (χ3v) is 3.12. The second-order valence-corrected chi connectivity index (χ2v) is 4.55. The zero-order valence-corrected chi connectivity index (χ0v) is 12.3. The molecule has 0 saturated carbocycles. The van der Waals surface area contributed by atoms with Crippen molar-refractivity contribution in [2.75, 3.05) is 25.3 Å². The number of hydrogen-bond donors (Lipinski definition) is 2. The molecule has 0 spiro atoms. The van der Waals surface area contributed by atoms with Gasteiger partial charge in [-0.15, -0.1) is 0 Å². The maximum absolute atomic E-state index is 11.5. The molecule has 0 radical (unpaired) electrons. The first-order valence-electron chi connectivity index (χ1n) is 6.44. The fraction of sp³-hybridized carbons (Fsp3) is 0.188. The van der Waals surface area contributed by atoms with Crippen LogP contribution in [0.2, 0.25) is 0 Å². The number of hydrogen-bond acceptors (Lipinski definition) is 5. The van der Waals surface area contributed by atoms with Gasteiger partial charge in [0, 0.05) is 23.0 Å². The maximum Gasteiger partial charge on any atom is 0.161 e. The van der Waals surface area contributed by atoms with Gasteiger partial charge in [0.05, 0.1) is 19.9 Å². The monoisotopic (exact) mass is 286 g/mol. The normalized spacial score (nSPS) is 10.0. The fourth-order valence-corrected chi connectivity index (χ4v) is 2.01. The van der Waals surface area contributed by atoms with Crippen molar-refractivity contribution in [1.29, 1.82) is 0 Å². The van der Waals surface area contributed by atoms with Crippen LogP contribution in [-0.2, 0) is 0 Å². The van der Waals surface area contributed by atoms with Gasteiger partial charge in [-0.25, -0.2) is 0 Å². The molecule has 0 amide bonds. The average molecular weight is 286 g/mol. The lowest BCUT2D eigenvalue weighted by molar-refractivity contribution is 0.101. The molecule has 0 fully saturated rings. The fourth-order valence-electron chi connectivity index (χ4n) is 2.01. The highest BCUT2D eigenvalue weighted by atomic mass is 16.5. The highest BCUT2D eigenvalue weighted by Crippen LogP contribution is 2.32. The number of benzene rings is 2. The van der Waals surface area contributed by atoms with Gasteiger partial charge < -0.3 is 20.5 Å². The number of carbonyl (C=O) groups excluding carboxylic acids is 1. The Bertz CT molecular complexity index is 669. The molecule has 0 aliphatic carbocycles. The van der Waals surface area contributed by atoms with E-state index in [2.05, 4.69) is 5.32 Å². The van der Waals surface area contributed by atoms with E-state index in [1.54, 1.807) is 32.4 Å². The lowest BCUT2D eigenvalue weighted by Gasteiger charge is -2.13. The number of Topliss-reactive ketones (excluding diaryl/α,β-unsaturated/α-hetero) is 1. The van der Waals surface area contributed by atoms with Crippen LogP contribution in [0.5, 0.6) is 11.5 Å². The standard InChI is InChI=1S/C16H18N2O3/c1-10(19)13-8-11(4-6-14(13)17)18-15-9-12(20-2)5-7-16(15)21-3/h4-9,18H,17H2,1-3H3. The second kappa shape index (κ2) is 6.17. The molecule has 0 aliphatic rings. The van der Waals surface area contributed by atoms with E-state index >= 15 is 0 Å². The first-order valence-corrected chi connectivity index (χ1v) is 6.44. The van der Waals surface area contributed by atoms with Gasteiger partial charge in [-0.1, -0.05) is 0 Å². The summed E-state index contributed by atoms with van der Waals surface area (Å²) in [5.41, 5.74) is 8.24. The van der Waals surface area contributed by atoms with E-state index < -0.39 is 0 Å². The Kier molecular flexibility index (Phi) is 4.33. The highest BCUT2D eigenvalue weighted by molar-refractivity contribution is 6.00. The molecule has 0 bridgehead atoms. The van der Waals surface area contributed by atoms with Crippen molar-refractivity contribution >= 4 is 22.8 Å². The van der Waals surface area contributed by atoms with Gasteiger partial charge >= 0.3 is 0 Å². The zero-order valence-electron chi connectivity index (χ0n) is 12.3. The van der Waals surface area contributed by atoms with Gasteiger partial charge in [0.15, 0.2) is 5.78 Å². The topological polar surface area (TPSA) is 73.6 Å². The van der Waals surface area contributed by atoms with E-state index in [4.69, 9.17) is 15.2 Å². The molecule has 5 heteroatoms. The summed E-state index contributed by atoms with van der Waals surface area (Å²) in [5.74, 6) is 1.31. The number of ether oxygens (including phenoxy) is 2. The molecule has 0 atom stereocenters. The molecule has 0 aliphatic heterocycles. The molecule has 3 N–H and O–H groups in total. The van der Waals surface area contributed by atoms with Crippen LogP contribution in [0.15, 0.2) is 36.4 Å². The molecule has 0 heterocycles. The Morgan fingerprint density at radius 3 is 2.48 bits per heavy atom. The molecule has 2 aromatic rings. The first kappa shape index (κ1) is 14.7. The lowest BCUT2D eigenvalue weighted by Crippen LogP contribution is -2.02. The zero-order chi connectivity index (χ0) is 15.4. The second-order valence-electron chi connectivity index (χ2n) is 4.55. The summed E-state index contributed by atoms with van der Waals surface area (Å²) in [7, 11) is 3.19. The van der Waals surface area contributed by atoms with Gasteiger partial charge in [0.25, 0.3) is 0 Å². The summed E-state index contributed by atoms with van der Waals surface area (Å²) in [6.45, 7) is 1.49. The van der Waals surface area contributed by atoms with Gasteiger partial charge in [-0.3, -0.25) is 4.79 Å². The summed E-state index contributed by atoms with van der Waals surface area (Å²) >= 11 is 0. The Morgan fingerprint density at radius 1 is 1.10 bits per heavy atom. The Hall–Kier alpha value is -2.69. The van der Waals surface area contributed by atoms with Crippen LogP contribution in [0.1, 0.15) is 17.3 Å². The number of ketones is 1. The Morgan fingerprint density at radius 2 is 1.86 bits per heavy atom. The van der Waals surface area contributed by atoms with Crippen LogP contribution >= 0.6 is 0 Å². The first-order chi connectivity index (χ1) is 10.0. The van der Waals surface area contributed by atoms with Gasteiger partial charge in [-0.2, -0.15) is 0 Å². The number of anilines is 3. The van der Waals surface area contributed by atoms with Gasteiger partial charge in [0.1, 0.15) is 11.5 Å². The summed E-state index contributed by atoms with van der Waals surface area (Å²) in [4.78, 5) is 11.5. The van der Waals surface area contributed by atoms with Crippen molar-refractivity contribution in [3.63, 3.8) is 0 Å². The molecule has 110 valence electrons. The molecular formula is C16H18N2O3. The van der Waals surface area contributed by atoms with E-state index in [1.165, 1.54) is 6.92 Å². The molecule has 2 rings (SSSR count). The SMILES string of the molecule is COc1ccc(OC)c(Nc2ccc(N)c(C(C)=O)c2)c1. The quantitative estimate of drug-likeness (QED) is 0.652. The number of nitrogens with two attached hydrogens (primary N) is 1. The molecule has 0 saturated heterocycles. The van der Waals surface area contributed by atoms with Gasteiger partial charge in [0.2, 0.25) is 0 Å². The predicted octanol–water partition coefficient (Wildman–Crippen LogP) is 3.23. The molecular weight excluding hydrogens is 268 g/mol. The van der Waals surface area contributed by atoms with Crippen LogP contribution in [0.3, 0.4) is 0 Å². The van der Waals surface area contributed by atoms with E-state index in [0.717, 1.165) is 11.4 Å². The minimum absolute atomic E-state index is 0.0752. The van der Waals surface area contributed by atoms with Crippen LogP contribution in [0.25, 0.3) is 0 Å². The highest BCUT2D eigenvalue weighted by Gasteiger charge is 2.09. The van der Waals surface area contributed by atoms with E-state index in [-0.39, 0.29) is 5.78 Å².